The van der Waals surface area contributed by atoms with Crippen molar-refractivity contribution in [3.8, 4) is 28.3 Å². The molecule has 1 saturated heterocycles. The third-order valence-corrected chi connectivity index (χ3v) is 6.94. The van der Waals surface area contributed by atoms with Gasteiger partial charge in [0.15, 0.2) is 5.65 Å². The topological polar surface area (TPSA) is 71.8 Å². The van der Waals surface area contributed by atoms with E-state index < -0.39 is 0 Å². The smallest absolute Gasteiger partial charge is 0.270 e. The predicted octanol–water partition coefficient (Wildman–Crippen LogP) is 5.07. The van der Waals surface area contributed by atoms with Gasteiger partial charge in [0, 0.05) is 36.3 Å². The maximum absolute atomic E-state index is 13.4. The number of carbonyl (C=O) groups is 1. The molecule has 1 amide bonds. The second kappa shape index (κ2) is 10.9. The molecule has 0 radical (unpaired) electrons. The number of likely N-dealkylation sites (tertiary alicyclic amines) is 1. The molecule has 5 rings (SSSR count). The van der Waals surface area contributed by atoms with Gasteiger partial charge in [-0.1, -0.05) is 48.9 Å². The zero-order valence-electron chi connectivity index (χ0n) is 21.0. The summed E-state index contributed by atoms with van der Waals surface area (Å²) in [6, 6.07) is 22.0. The van der Waals surface area contributed by atoms with Crippen molar-refractivity contribution in [3.63, 3.8) is 0 Å². The van der Waals surface area contributed by atoms with Crippen molar-refractivity contribution in [3.05, 3.63) is 72.4 Å². The molecule has 0 spiro atoms. The van der Waals surface area contributed by atoms with Gasteiger partial charge in [-0.3, -0.25) is 4.79 Å². The Kier molecular flexibility index (Phi) is 7.28. The molecule has 7 nitrogen and oxygen atoms in total. The average Bonchev–Trinajstić information content (AvgIpc) is 3.36. The Morgan fingerprint density at radius 2 is 1.86 bits per heavy atom. The fourth-order valence-corrected chi connectivity index (χ4v) is 4.88. The average molecular weight is 484 g/mol. The number of amides is 1. The fourth-order valence-electron chi connectivity index (χ4n) is 4.88. The van der Waals surface area contributed by atoms with Crippen LogP contribution in [0.15, 0.2) is 66.7 Å². The molecule has 186 valence electrons. The minimum atomic E-state index is -0.152. The quantitative estimate of drug-likeness (QED) is 0.355. The number of hydrogen-bond donors (Lipinski definition) is 1. The summed E-state index contributed by atoms with van der Waals surface area (Å²) in [5.74, 6) is 0.589. The van der Waals surface area contributed by atoms with Crippen LogP contribution in [0.1, 0.15) is 43.1 Å². The number of benzene rings is 2. The van der Waals surface area contributed by atoms with E-state index in [1.54, 1.807) is 11.6 Å². The number of piperidine rings is 1. The molecule has 36 heavy (non-hydrogen) atoms. The van der Waals surface area contributed by atoms with E-state index >= 15 is 0 Å². The second-order valence-corrected chi connectivity index (χ2v) is 9.41. The molecular weight excluding hydrogens is 450 g/mol. The lowest BCUT2D eigenvalue weighted by Gasteiger charge is -2.33. The minimum absolute atomic E-state index is 0.152. The predicted molar refractivity (Wildman–Crippen MR) is 142 cm³/mol. The van der Waals surface area contributed by atoms with E-state index in [4.69, 9.17) is 14.8 Å². The molecule has 0 unspecified atom stereocenters. The van der Waals surface area contributed by atoms with Gasteiger partial charge in [-0.15, -0.1) is 0 Å². The SMILES string of the molecule is COc1cccc(-c2cc(C(=O)NCCCN3CCCC[C@H]3C)n3nc(-c4ccccc4)cc3n2)c1. The molecule has 1 N–H and O–H groups in total. The summed E-state index contributed by atoms with van der Waals surface area (Å²) in [7, 11) is 1.64. The van der Waals surface area contributed by atoms with Crippen molar-refractivity contribution in [2.24, 2.45) is 0 Å². The first-order valence-electron chi connectivity index (χ1n) is 12.8. The fraction of sp³-hybridized carbons (Fsp3) is 0.345. The number of ether oxygens (including phenoxy) is 1. The Balaban J connectivity index is 1.42. The molecular formula is C29H33N5O2. The summed E-state index contributed by atoms with van der Waals surface area (Å²) in [5.41, 5.74) is 4.43. The van der Waals surface area contributed by atoms with E-state index in [0.717, 1.165) is 42.1 Å². The Bertz CT molecular complexity index is 1330. The summed E-state index contributed by atoms with van der Waals surface area (Å²) in [4.78, 5) is 20.8. The highest BCUT2D eigenvalue weighted by molar-refractivity contribution is 5.94. The highest BCUT2D eigenvalue weighted by atomic mass is 16.5. The van der Waals surface area contributed by atoms with Crippen molar-refractivity contribution in [2.45, 2.75) is 38.6 Å². The maximum Gasteiger partial charge on any atom is 0.270 e. The van der Waals surface area contributed by atoms with Gasteiger partial charge < -0.3 is 15.0 Å². The van der Waals surface area contributed by atoms with Crippen LogP contribution in [-0.2, 0) is 0 Å². The monoisotopic (exact) mass is 483 g/mol. The third kappa shape index (κ3) is 5.26. The Labute approximate surface area is 212 Å². The van der Waals surface area contributed by atoms with Gasteiger partial charge in [-0.25, -0.2) is 9.50 Å². The lowest BCUT2D eigenvalue weighted by Crippen LogP contribution is -2.39. The van der Waals surface area contributed by atoms with E-state index in [1.165, 1.54) is 19.3 Å². The van der Waals surface area contributed by atoms with Crippen molar-refractivity contribution < 1.29 is 9.53 Å². The van der Waals surface area contributed by atoms with Crippen LogP contribution in [0.4, 0.5) is 0 Å². The number of fused-ring (bicyclic) bond motifs is 1. The summed E-state index contributed by atoms with van der Waals surface area (Å²) in [6.07, 6.45) is 4.76. The summed E-state index contributed by atoms with van der Waals surface area (Å²) in [6.45, 7) is 5.07. The van der Waals surface area contributed by atoms with Gasteiger partial charge in [-0.05, 0) is 50.9 Å². The van der Waals surface area contributed by atoms with E-state index in [0.29, 0.717) is 29.6 Å². The standard InChI is InChI=1S/C29H33N5O2/c1-21-10-6-7-16-33(21)17-9-15-30-29(35)27-19-25(23-13-8-14-24(18-23)36-2)31-28-20-26(32-34(27)28)22-11-4-3-5-12-22/h3-5,8,11-14,18-21H,6-7,9-10,15-17H2,1-2H3,(H,30,35)/t21-/m1/s1. The van der Waals surface area contributed by atoms with E-state index in [2.05, 4.69) is 17.1 Å². The number of aromatic nitrogens is 3. The van der Waals surface area contributed by atoms with Crippen LogP contribution < -0.4 is 10.1 Å². The van der Waals surface area contributed by atoms with Gasteiger partial charge in [0.05, 0.1) is 18.5 Å². The van der Waals surface area contributed by atoms with Crippen LogP contribution in [0, 0.1) is 0 Å². The van der Waals surface area contributed by atoms with Crippen LogP contribution in [0.3, 0.4) is 0 Å². The van der Waals surface area contributed by atoms with Crippen LogP contribution in [0.2, 0.25) is 0 Å². The lowest BCUT2D eigenvalue weighted by molar-refractivity contribution is 0.0941. The molecule has 2 aromatic heterocycles. The maximum atomic E-state index is 13.4. The molecule has 1 fully saturated rings. The molecule has 1 aliphatic rings. The first-order chi connectivity index (χ1) is 17.6. The van der Waals surface area contributed by atoms with Gasteiger partial charge >= 0.3 is 0 Å². The molecule has 7 heteroatoms. The van der Waals surface area contributed by atoms with E-state index in [-0.39, 0.29) is 5.91 Å². The van der Waals surface area contributed by atoms with Crippen molar-refractivity contribution in [1.29, 1.82) is 0 Å². The number of rotatable bonds is 8. The number of nitrogens with zero attached hydrogens (tertiary/aromatic N) is 4. The van der Waals surface area contributed by atoms with E-state index in [9.17, 15) is 4.79 Å². The number of nitrogens with one attached hydrogen (secondary N) is 1. The molecule has 1 atom stereocenters. The van der Waals surface area contributed by atoms with Crippen molar-refractivity contribution >= 4 is 11.6 Å². The molecule has 0 saturated carbocycles. The van der Waals surface area contributed by atoms with Crippen LogP contribution in [0.25, 0.3) is 28.2 Å². The Morgan fingerprint density at radius 3 is 2.67 bits per heavy atom. The van der Waals surface area contributed by atoms with Crippen LogP contribution in [-0.4, -0.2) is 58.2 Å². The largest absolute Gasteiger partial charge is 0.497 e. The highest BCUT2D eigenvalue weighted by Crippen LogP contribution is 2.26. The first kappa shape index (κ1) is 24.0. The highest BCUT2D eigenvalue weighted by Gasteiger charge is 2.19. The summed E-state index contributed by atoms with van der Waals surface area (Å²) < 4.78 is 7.04. The summed E-state index contributed by atoms with van der Waals surface area (Å²) in [5, 5.41) is 7.86. The second-order valence-electron chi connectivity index (χ2n) is 9.41. The van der Waals surface area contributed by atoms with Crippen molar-refractivity contribution in [1.82, 2.24) is 24.8 Å². The Morgan fingerprint density at radius 1 is 1.03 bits per heavy atom. The Hall–Kier alpha value is -3.71. The third-order valence-electron chi connectivity index (χ3n) is 6.94. The normalized spacial score (nSPS) is 16.2. The van der Waals surface area contributed by atoms with Crippen LogP contribution in [0.5, 0.6) is 5.75 Å². The number of hydrogen-bond acceptors (Lipinski definition) is 5. The lowest BCUT2D eigenvalue weighted by atomic mass is 10.0. The van der Waals surface area contributed by atoms with Gasteiger partial charge in [0.2, 0.25) is 0 Å². The number of carbonyl (C=O) groups excluding carboxylic acids is 1. The molecule has 4 aromatic rings. The van der Waals surface area contributed by atoms with E-state index in [1.807, 2.05) is 66.7 Å². The first-order valence-corrected chi connectivity index (χ1v) is 12.8. The zero-order chi connectivity index (χ0) is 24.9. The molecule has 0 aliphatic carbocycles. The van der Waals surface area contributed by atoms with Crippen molar-refractivity contribution in [2.75, 3.05) is 26.7 Å². The van der Waals surface area contributed by atoms with Gasteiger partial charge in [0.1, 0.15) is 11.4 Å². The summed E-state index contributed by atoms with van der Waals surface area (Å²) >= 11 is 0. The van der Waals surface area contributed by atoms with Gasteiger partial charge in [-0.2, -0.15) is 5.10 Å². The molecule has 2 aromatic carbocycles. The molecule has 3 heterocycles. The zero-order valence-corrected chi connectivity index (χ0v) is 21.0. The molecule has 1 aliphatic heterocycles. The molecule has 0 bridgehead atoms. The number of methoxy groups -OCH3 is 1. The minimum Gasteiger partial charge on any atom is -0.497 e. The van der Waals surface area contributed by atoms with Gasteiger partial charge in [0.25, 0.3) is 5.91 Å². The van der Waals surface area contributed by atoms with Crippen LogP contribution >= 0.6 is 0 Å².